The van der Waals surface area contributed by atoms with Crippen molar-refractivity contribution in [1.29, 1.82) is 0 Å². The van der Waals surface area contributed by atoms with Gasteiger partial charge in [0.05, 0.1) is 22.4 Å². The first-order chi connectivity index (χ1) is 21.8. The van der Waals surface area contributed by atoms with Crippen LogP contribution in [0.5, 0.6) is 0 Å². The third kappa shape index (κ3) is 3.98. The van der Waals surface area contributed by atoms with Crippen LogP contribution in [0.1, 0.15) is 0 Å². The van der Waals surface area contributed by atoms with Crippen LogP contribution in [0.25, 0.3) is 89.2 Å². The molecule has 3 aromatic heterocycles. The standard InChI is InChI=1S/C39H23N3O2/c1-5-20-34-29(14-1)30-16-9-15-28(38(30)43-34)24-10-7-11-25(22-24)36-37(41-32-18-3-2-17-31(32)40-36)26-12-8-13-27(23-26)39-42-33-19-4-6-21-35(33)44-39/h1-23H. The molecule has 5 heteroatoms. The predicted octanol–water partition coefficient (Wildman–Crippen LogP) is 10.3. The van der Waals surface area contributed by atoms with Gasteiger partial charge in [0.2, 0.25) is 5.89 Å². The first-order valence-electron chi connectivity index (χ1n) is 14.5. The zero-order chi connectivity index (χ0) is 29.0. The van der Waals surface area contributed by atoms with Crippen molar-refractivity contribution in [2.75, 3.05) is 0 Å². The van der Waals surface area contributed by atoms with Crippen LogP contribution in [0.4, 0.5) is 0 Å². The van der Waals surface area contributed by atoms with Crippen LogP contribution in [-0.4, -0.2) is 15.0 Å². The second-order valence-electron chi connectivity index (χ2n) is 10.8. The van der Waals surface area contributed by atoms with E-state index < -0.39 is 0 Å². The zero-order valence-corrected chi connectivity index (χ0v) is 23.4. The lowest BCUT2D eigenvalue weighted by Crippen LogP contribution is -1.96. The van der Waals surface area contributed by atoms with Gasteiger partial charge in [0.15, 0.2) is 5.58 Å². The van der Waals surface area contributed by atoms with E-state index >= 15 is 0 Å². The average molecular weight is 566 g/mol. The van der Waals surface area contributed by atoms with Gasteiger partial charge in [0, 0.05) is 33.0 Å². The van der Waals surface area contributed by atoms with Crippen LogP contribution >= 0.6 is 0 Å². The van der Waals surface area contributed by atoms with Gasteiger partial charge in [-0.2, -0.15) is 0 Å². The number of furan rings is 1. The van der Waals surface area contributed by atoms with Crippen molar-refractivity contribution in [2.24, 2.45) is 0 Å². The molecular formula is C39H23N3O2. The number of hydrogen-bond acceptors (Lipinski definition) is 5. The summed E-state index contributed by atoms with van der Waals surface area (Å²) in [4.78, 5) is 15.0. The lowest BCUT2D eigenvalue weighted by atomic mass is 9.97. The maximum absolute atomic E-state index is 6.37. The Labute approximate surface area is 252 Å². The fraction of sp³-hybridized carbons (Fsp3) is 0. The molecule has 0 bridgehead atoms. The summed E-state index contributed by atoms with van der Waals surface area (Å²) in [6, 6.07) is 46.9. The van der Waals surface area contributed by atoms with E-state index in [1.165, 1.54) is 0 Å². The molecule has 3 heterocycles. The summed E-state index contributed by atoms with van der Waals surface area (Å²) in [5, 5.41) is 2.22. The first kappa shape index (κ1) is 24.5. The van der Waals surface area contributed by atoms with Crippen molar-refractivity contribution in [3.63, 3.8) is 0 Å². The molecule has 6 aromatic carbocycles. The van der Waals surface area contributed by atoms with Crippen molar-refractivity contribution in [1.82, 2.24) is 15.0 Å². The zero-order valence-electron chi connectivity index (χ0n) is 23.4. The molecule has 9 aromatic rings. The summed E-state index contributed by atoms with van der Waals surface area (Å²) in [5.74, 6) is 0.573. The van der Waals surface area contributed by atoms with Crippen LogP contribution in [-0.2, 0) is 0 Å². The van der Waals surface area contributed by atoms with E-state index in [-0.39, 0.29) is 0 Å². The summed E-state index contributed by atoms with van der Waals surface area (Å²) in [7, 11) is 0. The summed E-state index contributed by atoms with van der Waals surface area (Å²) < 4.78 is 12.5. The quantitative estimate of drug-likeness (QED) is 0.212. The molecule has 0 atom stereocenters. The minimum atomic E-state index is 0.573. The van der Waals surface area contributed by atoms with Crippen LogP contribution < -0.4 is 0 Å². The Bertz CT molecular complexity index is 2490. The molecule has 0 saturated carbocycles. The number of rotatable bonds is 4. The van der Waals surface area contributed by atoms with Gasteiger partial charge in [-0.3, -0.25) is 0 Å². The van der Waals surface area contributed by atoms with E-state index in [1.807, 2.05) is 78.9 Å². The molecule has 0 radical (unpaired) electrons. The minimum absolute atomic E-state index is 0.573. The number of benzene rings is 6. The average Bonchev–Trinajstić information content (AvgIpc) is 3.70. The first-order valence-corrected chi connectivity index (χ1v) is 14.5. The molecule has 0 aliphatic rings. The smallest absolute Gasteiger partial charge is 0.227 e. The van der Waals surface area contributed by atoms with Gasteiger partial charge in [-0.05, 0) is 54.1 Å². The van der Waals surface area contributed by atoms with Gasteiger partial charge in [0.25, 0.3) is 0 Å². The summed E-state index contributed by atoms with van der Waals surface area (Å²) in [5.41, 5.74) is 11.5. The highest BCUT2D eigenvalue weighted by atomic mass is 16.3. The summed E-state index contributed by atoms with van der Waals surface area (Å²) >= 11 is 0. The highest BCUT2D eigenvalue weighted by Gasteiger charge is 2.18. The van der Waals surface area contributed by atoms with Crippen molar-refractivity contribution >= 4 is 44.1 Å². The molecule has 9 rings (SSSR count). The maximum Gasteiger partial charge on any atom is 0.227 e. The number of aromatic nitrogens is 3. The van der Waals surface area contributed by atoms with Crippen molar-refractivity contribution < 1.29 is 8.83 Å². The Hall–Kier alpha value is -6.07. The molecule has 0 amide bonds. The van der Waals surface area contributed by atoms with Crippen LogP contribution in [0, 0.1) is 0 Å². The molecule has 0 N–H and O–H groups in total. The van der Waals surface area contributed by atoms with Gasteiger partial charge >= 0.3 is 0 Å². The third-order valence-electron chi connectivity index (χ3n) is 8.10. The number of nitrogens with zero attached hydrogens (tertiary/aromatic N) is 3. The summed E-state index contributed by atoms with van der Waals surface area (Å²) in [6.07, 6.45) is 0. The van der Waals surface area contributed by atoms with E-state index in [4.69, 9.17) is 23.8 Å². The fourth-order valence-corrected chi connectivity index (χ4v) is 6.01. The second kappa shape index (κ2) is 9.75. The van der Waals surface area contributed by atoms with Crippen molar-refractivity contribution in [2.45, 2.75) is 0 Å². The molecule has 0 fully saturated rings. The molecule has 0 saturated heterocycles. The van der Waals surface area contributed by atoms with Gasteiger partial charge in [-0.1, -0.05) is 91.0 Å². The van der Waals surface area contributed by atoms with E-state index in [0.717, 1.165) is 83.3 Å². The van der Waals surface area contributed by atoms with Gasteiger partial charge in [0.1, 0.15) is 16.7 Å². The minimum Gasteiger partial charge on any atom is -0.455 e. The van der Waals surface area contributed by atoms with Gasteiger partial charge in [-0.25, -0.2) is 15.0 Å². The second-order valence-corrected chi connectivity index (χ2v) is 10.8. The van der Waals surface area contributed by atoms with Crippen molar-refractivity contribution in [3.8, 4) is 45.1 Å². The number of hydrogen-bond donors (Lipinski definition) is 0. The van der Waals surface area contributed by atoms with E-state index in [0.29, 0.717) is 5.89 Å². The topological polar surface area (TPSA) is 65.0 Å². The number of para-hydroxylation sites is 6. The highest BCUT2D eigenvalue weighted by Crippen LogP contribution is 2.39. The van der Waals surface area contributed by atoms with E-state index in [9.17, 15) is 0 Å². The fourth-order valence-electron chi connectivity index (χ4n) is 6.01. The predicted molar refractivity (Wildman–Crippen MR) is 176 cm³/mol. The summed E-state index contributed by atoms with van der Waals surface area (Å²) in [6.45, 7) is 0. The van der Waals surface area contributed by atoms with Crippen LogP contribution in [0.3, 0.4) is 0 Å². The van der Waals surface area contributed by atoms with Crippen molar-refractivity contribution in [3.05, 3.63) is 140 Å². The molecule has 0 unspecified atom stereocenters. The van der Waals surface area contributed by atoms with Gasteiger partial charge in [-0.15, -0.1) is 0 Å². The maximum atomic E-state index is 6.37. The highest BCUT2D eigenvalue weighted by molar-refractivity contribution is 6.09. The molecule has 0 spiro atoms. The Kier molecular flexibility index (Phi) is 5.43. The number of fused-ring (bicyclic) bond motifs is 5. The Morgan fingerprint density at radius 2 is 0.955 bits per heavy atom. The van der Waals surface area contributed by atoms with Crippen LogP contribution in [0.15, 0.2) is 148 Å². The monoisotopic (exact) mass is 565 g/mol. The molecule has 0 aliphatic carbocycles. The Balaban J connectivity index is 1.22. The number of oxazole rings is 1. The SMILES string of the molecule is c1cc(-c2nc3ccccc3o2)cc(-c2nc3ccccc3nc2-c2cccc(-c3cccc4c3oc3ccccc34)c2)c1. The Morgan fingerprint density at radius 1 is 0.386 bits per heavy atom. The van der Waals surface area contributed by atoms with E-state index in [2.05, 4.69) is 60.7 Å². The molecule has 0 aliphatic heterocycles. The molecular weight excluding hydrogens is 542 g/mol. The molecule has 206 valence electrons. The Morgan fingerprint density at radius 3 is 1.70 bits per heavy atom. The lowest BCUT2D eigenvalue weighted by molar-refractivity contribution is 0.620. The normalized spacial score (nSPS) is 11.6. The van der Waals surface area contributed by atoms with Crippen LogP contribution in [0.2, 0.25) is 0 Å². The van der Waals surface area contributed by atoms with E-state index in [1.54, 1.807) is 0 Å². The van der Waals surface area contributed by atoms with Gasteiger partial charge < -0.3 is 8.83 Å². The molecule has 5 nitrogen and oxygen atoms in total. The largest absolute Gasteiger partial charge is 0.455 e. The third-order valence-corrected chi connectivity index (χ3v) is 8.10. The molecule has 44 heavy (non-hydrogen) atoms. The lowest BCUT2D eigenvalue weighted by Gasteiger charge is -2.12.